The number of hydrogen-bond acceptors (Lipinski definition) is 5. The SMILES string of the molecule is CC(O)C(OCCN)C(N)O. The molecule has 11 heavy (non-hydrogen) atoms. The maximum Gasteiger partial charge on any atom is 0.131 e. The van der Waals surface area contributed by atoms with Crippen LogP contribution in [0.4, 0.5) is 0 Å². The molecule has 0 aliphatic carbocycles. The average molecular weight is 164 g/mol. The number of aliphatic hydroxyl groups excluding tert-OH is 2. The number of rotatable bonds is 5. The minimum Gasteiger partial charge on any atom is -0.391 e. The van der Waals surface area contributed by atoms with E-state index in [0.717, 1.165) is 0 Å². The van der Waals surface area contributed by atoms with Crippen LogP contribution in [-0.2, 0) is 4.74 Å². The molecular formula is C6H16N2O3. The summed E-state index contributed by atoms with van der Waals surface area (Å²) in [4.78, 5) is 0. The van der Waals surface area contributed by atoms with Crippen LogP contribution in [0.15, 0.2) is 0 Å². The summed E-state index contributed by atoms with van der Waals surface area (Å²) in [5.41, 5.74) is 10.3. The molecule has 0 aliphatic heterocycles. The summed E-state index contributed by atoms with van der Waals surface area (Å²) in [6.07, 6.45) is -2.71. The smallest absolute Gasteiger partial charge is 0.131 e. The molecule has 6 N–H and O–H groups in total. The Morgan fingerprint density at radius 2 is 2.00 bits per heavy atom. The number of hydrogen-bond donors (Lipinski definition) is 4. The molecule has 0 aliphatic rings. The fourth-order valence-corrected chi connectivity index (χ4v) is 0.727. The van der Waals surface area contributed by atoms with Gasteiger partial charge in [-0.25, -0.2) is 0 Å². The quantitative estimate of drug-likeness (QED) is 0.352. The summed E-state index contributed by atoms with van der Waals surface area (Å²) >= 11 is 0. The van der Waals surface area contributed by atoms with Crippen molar-refractivity contribution >= 4 is 0 Å². The van der Waals surface area contributed by atoms with Crippen LogP contribution in [0.5, 0.6) is 0 Å². The van der Waals surface area contributed by atoms with E-state index in [-0.39, 0.29) is 6.61 Å². The predicted octanol–water partition coefficient (Wildman–Crippen LogP) is -2.01. The van der Waals surface area contributed by atoms with Gasteiger partial charge in [0.25, 0.3) is 0 Å². The van der Waals surface area contributed by atoms with Gasteiger partial charge in [0.15, 0.2) is 0 Å². The lowest BCUT2D eigenvalue weighted by Crippen LogP contribution is -2.44. The fraction of sp³-hybridized carbons (Fsp3) is 1.00. The third-order valence-electron chi connectivity index (χ3n) is 1.24. The second kappa shape index (κ2) is 5.45. The summed E-state index contributed by atoms with van der Waals surface area (Å²) in [6, 6.07) is 0. The monoisotopic (exact) mass is 164 g/mol. The van der Waals surface area contributed by atoms with Gasteiger partial charge < -0.3 is 26.4 Å². The van der Waals surface area contributed by atoms with Crippen LogP contribution in [0.3, 0.4) is 0 Å². The van der Waals surface area contributed by atoms with Crippen LogP contribution in [0.2, 0.25) is 0 Å². The molecule has 0 spiro atoms. The lowest BCUT2D eigenvalue weighted by atomic mass is 10.2. The normalized spacial score (nSPS) is 19.4. The van der Waals surface area contributed by atoms with Crippen molar-refractivity contribution in [3.63, 3.8) is 0 Å². The molecule has 3 unspecified atom stereocenters. The van der Waals surface area contributed by atoms with Crippen molar-refractivity contribution in [3.05, 3.63) is 0 Å². The highest BCUT2D eigenvalue weighted by Crippen LogP contribution is 2.00. The van der Waals surface area contributed by atoms with E-state index in [9.17, 15) is 0 Å². The van der Waals surface area contributed by atoms with Crippen molar-refractivity contribution in [2.75, 3.05) is 13.2 Å². The summed E-state index contributed by atoms with van der Waals surface area (Å²) in [6.45, 7) is 2.12. The minimum atomic E-state index is -1.17. The van der Waals surface area contributed by atoms with Gasteiger partial charge in [0.1, 0.15) is 12.3 Å². The Hall–Kier alpha value is -0.200. The van der Waals surface area contributed by atoms with Gasteiger partial charge in [-0.1, -0.05) is 0 Å². The Labute approximate surface area is 65.9 Å². The van der Waals surface area contributed by atoms with Gasteiger partial charge in [-0.2, -0.15) is 0 Å². The zero-order valence-electron chi connectivity index (χ0n) is 6.60. The van der Waals surface area contributed by atoms with E-state index in [0.29, 0.717) is 6.54 Å². The van der Waals surface area contributed by atoms with Gasteiger partial charge in [0.2, 0.25) is 0 Å². The lowest BCUT2D eigenvalue weighted by Gasteiger charge is -2.22. The number of aliphatic hydroxyl groups is 2. The standard InChI is InChI=1S/C6H16N2O3/c1-4(9)5(6(8)10)11-3-2-7/h4-6,9-10H,2-3,7-8H2,1H3. The molecular weight excluding hydrogens is 148 g/mol. The molecule has 0 fully saturated rings. The van der Waals surface area contributed by atoms with E-state index in [2.05, 4.69) is 0 Å². The second-order valence-corrected chi connectivity index (χ2v) is 2.36. The number of ether oxygens (including phenoxy) is 1. The van der Waals surface area contributed by atoms with Gasteiger partial charge in [0.05, 0.1) is 12.7 Å². The van der Waals surface area contributed by atoms with Crippen molar-refractivity contribution in [1.29, 1.82) is 0 Å². The molecule has 0 bridgehead atoms. The van der Waals surface area contributed by atoms with Crippen LogP contribution in [0.1, 0.15) is 6.92 Å². The molecule has 0 radical (unpaired) electrons. The van der Waals surface area contributed by atoms with Crippen LogP contribution >= 0.6 is 0 Å². The lowest BCUT2D eigenvalue weighted by molar-refractivity contribution is -0.0895. The Balaban J connectivity index is 3.70. The van der Waals surface area contributed by atoms with Gasteiger partial charge >= 0.3 is 0 Å². The average Bonchev–Trinajstić information content (AvgIpc) is 1.87. The van der Waals surface area contributed by atoms with Crippen molar-refractivity contribution < 1.29 is 14.9 Å². The molecule has 0 amide bonds. The fourth-order valence-electron chi connectivity index (χ4n) is 0.727. The highest BCUT2D eigenvalue weighted by Gasteiger charge is 2.20. The highest BCUT2D eigenvalue weighted by molar-refractivity contribution is 4.69. The highest BCUT2D eigenvalue weighted by atomic mass is 16.5. The van der Waals surface area contributed by atoms with Gasteiger partial charge in [-0.05, 0) is 6.92 Å². The molecule has 0 aromatic rings. The van der Waals surface area contributed by atoms with E-state index in [1.54, 1.807) is 0 Å². The molecule has 5 nitrogen and oxygen atoms in total. The Morgan fingerprint density at radius 3 is 2.27 bits per heavy atom. The maximum absolute atomic E-state index is 9.00. The van der Waals surface area contributed by atoms with Crippen molar-refractivity contribution in [3.8, 4) is 0 Å². The molecule has 5 heteroatoms. The zero-order valence-corrected chi connectivity index (χ0v) is 6.60. The Morgan fingerprint density at radius 1 is 1.45 bits per heavy atom. The van der Waals surface area contributed by atoms with Crippen LogP contribution in [-0.4, -0.2) is 41.8 Å². The Bertz CT molecular complexity index is 89.8. The van der Waals surface area contributed by atoms with Gasteiger partial charge in [0, 0.05) is 6.54 Å². The largest absolute Gasteiger partial charge is 0.391 e. The van der Waals surface area contributed by atoms with Gasteiger partial charge in [-0.15, -0.1) is 0 Å². The summed E-state index contributed by atoms with van der Waals surface area (Å²) in [7, 11) is 0. The Kier molecular flexibility index (Phi) is 5.35. The van der Waals surface area contributed by atoms with Crippen molar-refractivity contribution in [2.24, 2.45) is 11.5 Å². The van der Waals surface area contributed by atoms with Crippen LogP contribution in [0.25, 0.3) is 0 Å². The summed E-state index contributed by atoms with van der Waals surface area (Å²) in [5, 5.41) is 17.9. The van der Waals surface area contributed by atoms with E-state index >= 15 is 0 Å². The van der Waals surface area contributed by atoms with E-state index in [1.165, 1.54) is 6.92 Å². The third-order valence-corrected chi connectivity index (χ3v) is 1.24. The van der Waals surface area contributed by atoms with Crippen molar-refractivity contribution in [1.82, 2.24) is 0 Å². The van der Waals surface area contributed by atoms with E-state index < -0.39 is 18.4 Å². The molecule has 0 saturated carbocycles. The first-order valence-electron chi connectivity index (χ1n) is 3.53. The zero-order chi connectivity index (χ0) is 8.85. The summed E-state index contributed by atoms with van der Waals surface area (Å²) < 4.78 is 4.96. The molecule has 0 saturated heterocycles. The molecule has 0 rings (SSSR count). The van der Waals surface area contributed by atoms with Crippen LogP contribution in [0, 0.1) is 0 Å². The molecule has 0 aromatic heterocycles. The molecule has 68 valence electrons. The van der Waals surface area contributed by atoms with Crippen LogP contribution < -0.4 is 11.5 Å². The predicted molar refractivity (Wildman–Crippen MR) is 40.7 cm³/mol. The molecule has 3 atom stereocenters. The maximum atomic E-state index is 9.00. The minimum absolute atomic E-state index is 0.282. The first-order valence-corrected chi connectivity index (χ1v) is 3.53. The first-order chi connectivity index (χ1) is 5.09. The topological polar surface area (TPSA) is 102 Å². The second-order valence-electron chi connectivity index (χ2n) is 2.36. The van der Waals surface area contributed by atoms with Crippen molar-refractivity contribution in [2.45, 2.75) is 25.4 Å². The third kappa shape index (κ3) is 4.28. The molecule has 0 aromatic carbocycles. The van der Waals surface area contributed by atoms with E-state index in [1.807, 2.05) is 0 Å². The number of nitrogens with two attached hydrogens (primary N) is 2. The summed E-state index contributed by atoms with van der Waals surface area (Å²) in [5.74, 6) is 0. The van der Waals surface area contributed by atoms with E-state index in [4.69, 9.17) is 26.4 Å². The van der Waals surface area contributed by atoms with Gasteiger partial charge in [-0.3, -0.25) is 0 Å². The first kappa shape index (κ1) is 10.8. The molecule has 0 heterocycles.